The third-order valence-corrected chi connectivity index (χ3v) is 1.76. The molecule has 0 aliphatic carbocycles. The Morgan fingerprint density at radius 2 is 2.00 bits per heavy atom. The molecule has 0 aromatic carbocycles. The largest absolute Gasteiger partial charge is 0.469 e. The number of carbonyl (C=O) groups excluding carboxylic acids is 1. The molecule has 0 aliphatic rings. The predicted octanol–water partition coefficient (Wildman–Crippen LogP) is 0.782. The van der Waals surface area contributed by atoms with E-state index in [1.807, 2.05) is 0 Å². The molecule has 0 aromatic rings. The Morgan fingerprint density at radius 1 is 1.56 bits per heavy atom. The van der Waals surface area contributed by atoms with Gasteiger partial charge in [0.05, 0.1) is 20.4 Å². The normalized spacial score (nSPS) is 11.0. The molecule has 0 heterocycles. The molecule has 0 atom stereocenters. The monoisotopic (exact) mass is 150 g/mol. The van der Waals surface area contributed by atoms with Crippen LogP contribution in [0.25, 0.3) is 0 Å². The topological polar surface area (TPSA) is 43.4 Å². The lowest BCUT2D eigenvalue weighted by molar-refractivity contribution is -0.137. The van der Waals surface area contributed by atoms with Crippen molar-refractivity contribution in [3.8, 4) is 0 Å². The first kappa shape index (κ1) is 8.70. The lowest BCUT2D eigenvalue weighted by Gasteiger charge is -2.02. The van der Waals surface area contributed by atoms with Crippen molar-refractivity contribution in [3.05, 3.63) is 0 Å². The highest BCUT2D eigenvalue weighted by Gasteiger charge is 2.12. The Hall–Kier alpha value is -0.300. The highest BCUT2D eigenvalue weighted by Crippen LogP contribution is 2.35. The zero-order valence-electron chi connectivity index (χ0n) is 5.88. The van der Waals surface area contributed by atoms with Crippen LogP contribution in [0.3, 0.4) is 0 Å². The standard InChI is InChI=1S/C5H11O3P/c1-8-5(6)4-9(2,3)7/h4H2,1-3H3. The summed E-state index contributed by atoms with van der Waals surface area (Å²) in [6.07, 6.45) is 0.0451. The summed E-state index contributed by atoms with van der Waals surface area (Å²) in [5.74, 6) is -0.400. The highest BCUT2D eigenvalue weighted by molar-refractivity contribution is 7.63. The molecule has 0 bridgehead atoms. The van der Waals surface area contributed by atoms with Gasteiger partial charge in [0.25, 0.3) is 0 Å². The number of hydrogen-bond acceptors (Lipinski definition) is 3. The van der Waals surface area contributed by atoms with Crippen LogP contribution in [0.5, 0.6) is 0 Å². The lowest BCUT2D eigenvalue weighted by atomic mass is 10.8. The minimum Gasteiger partial charge on any atom is -0.469 e. The van der Waals surface area contributed by atoms with Crippen LogP contribution in [-0.2, 0) is 14.1 Å². The summed E-state index contributed by atoms with van der Waals surface area (Å²) in [6, 6.07) is 0. The van der Waals surface area contributed by atoms with Crippen molar-refractivity contribution >= 4 is 13.1 Å². The van der Waals surface area contributed by atoms with Gasteiger partial charge in [-0.15, -0.1) is 0 Å². The highest BCUT2D eigenvalue weighted by atomic mass is 31.2. The summed E-state index contributed by atoms with van der Waals surface area (Å²) in [7, 11) is -0.923. The molecule has 0 N–H and O–H groups in total. The molecule has 0 aromatic heterocycles. The second-order valence-electron chi connectivity index (χ2n) is 2.31. The van der Waals surface area contributed by atoms with Crippen molar-refractivity contribution in [3.63, 3.8) is 0 Å². The van der Waals surface area contributed by atoms with E-state index in [1.165, 1.54) is 7.11 Å². The molecule has 0 saturated heterocycles. The van der Waals surface area contributed by atoms with Gasteiger partial charge in [-0.25, -0.2) is 0 Å². The van der Waals surface area contributed by atoms with E-state index in [4.69, 9.17) is 0 Å². The van der Waals surface area contributed by atoms with Crippen LogP contribution in [0.2, 0.25) is 0 Å². The van der Waals surface area contributed by atoms with Crippen LogP contribution < -0.4 is 0 Å². The molecule has 54 valence electrons. The number of hydrogen-bond donors (Lipinski definition) is 0. The average molecular weight is 150 g/mol. The fourth-order valence-electron chi connectivity index (χ4n) is 0.375. The summed E-state index contributed by atoms with van der Waals surface area (Å²) in [6.45, 7) is 3.12. The van der Waals surface area contributed by atoms with Gasteiger partial charge < -0.3 is 9.30 Å². The summed E-state index contributed by atoms with van der Waals surface area (Å²) < 4.78 is 15.2. The molecule has 3 nitrogen and oxygen atoms in total. The van der Waals surface area contributed by atoms with E-state index < -0.39 is 13.1 Å². The first-order valence-electron chi connectivity index (χ1n) is 2.56. The van der Waals surface area contributed by atoms with Gasteiger partial charge in [0, 0.05) is 0 Å². The zero-order chi connectivity index (χ0) is 7.49. The SMILES string of the molecule is COC(=O)CP(C)(C)=O. The van der Waals surface area contributed by atoms with Gasteiger partial charge in [0.15, 0.2) is 0 Å². The second-order valence-corrected chi connectivity index (χ2v) is 5.77. The minimum absolute atomic E-state index is 0.0451. The third-order valence-electron chi connectivity index (χ3n) is 0.738. The van der Waals surface area contributed by atoms with Gasteiger partial charge in [-0.3, -0.25) is 4.79 Å². The van der Waals surface area contributed by atoms with Crippen molar-refractivity contribution in [2.75, 3.05) is 26.6 Å². The summed E-state index contributed by atoms with van der Waals surface area (Å²) in [4.78, 5) is 10.4. The number of esters is 1. The van der Waals surface area contributed by atoms with Crippen molar-refractivity contribution < 1.29 is 14.1 Å². The van der Waals surface area contributed by atoms with Crippen molar-refractivity contribution in [1.82, 2.24) is 0 Å². The molecular weight excluding hydrogens is 139 g/mol. The van der Waals surface area contributed by atoms with E-state index in [9.17, 15) is 9.36 Å². The van der Waals surface area contributed by atoms with E-state index in [0.717, 1.165) is 0 Å². The van der Waals surface area contributed by atoms with Crippen LogP contribution in [0.1, 0.15) is 0 Å². The summed E-state index contributed by atoms with van der Waals surface area (Å²) >= 11 is 0. The van der Waals surface area contributed by atoms with Crippen molar-refractivity contribution in [2.24, 2.45) is 0 Å². The fraction of sp³-hybridized carbons (Fsp3) is 0.800. The Bertz CT molecular complexity index is 146. The first-order valence-corrected chi connectivity index (χ1v) is 5.35. The van der Waals surface area contributed by atoms with E-state index in [-0.39, 0.29) is 6.16 Å². The molecule has 9 heavy (non-hydrogen) atoms. The molecule has 0 fully saturated rings. The summed E-state index contributed by atoms with van der Waals surface area (Å²) in [5.41, 5.74) is 0. The van der Waals surface area contributed by atoms with Crippen molar-refractivity contribution in [2.45, 2.75) is 0 Å². The second kappa shape index (κ2) is 3.02. The van der Waals surface area contributed by atoms with Crippen LogP contribution in [-0.4, -0.2) is 32.6 Å². The third kappa shape index (κ3) is 5.57. The molecule has 0 rings (SSSR count). The molecule has 0 unspecified atom stereocenters. The molecule has 0 saturated carbocycles. The number of carbonyl (C=O) groups is 1. The maximum absolute atomic E-state index is 10.9. The molecule has 0 radical (unpaired) electrons. The van der Waals surface area contributed by atoms with E-state index in [0.29, 0.717) is 0 Å². The van der Waals surface area contributed by atoms with Gasteiger partial charge in [-0.05, 0) is 13.3 Å². The lowest BCUT2D eigenvalue weighted by Crippen LogP contribution is -2.05. The number of methoxy groups -OCH3 is 1. The van der Waals surface area contributed by atoms with Crippen LogP contribution in [0.15, 0.2) is 0 Å². The first-order chi connectivity index (χ1) is 3.95. The quantitative estimate of drug-likeness (QED) is 0.431. The van der Waals surface area contributed by atoms with Crippen LogP contribution >= 0.6 is 7.14 Å². The fourth-order valence-corrected chi connectivity index (χ4v) is 1.13. The van der Waals surface area contributed by atoms with Crippen molar-refractivity contribution in [1.29, 1.82) is 0 Å². The Kier molecular flexibility index (Phi) is 2.92. The van der Waals surface area contributed by atoms with Crippen LogP contribution in [0.4, 0.5) is 0 Å². The Morgan fingerprint density at radius 3 is 2.11 bits per heavy atom. The van der Waals surface area contributed by atoms with Gasteiger partial charge in [-0.1, -0.05) is 0 Å². The molecule has 0 aliphatic heterocycles. The maximum atomic E-state index is 10.9. The number of rotatable bonds is 2. The number of ether oxygens (including phenoxy) is 1. The average Bonchev–Trinajstić information content (AvgIpc) is 1.62. The Balaban J connectivity index is 3.75. The van der Waals surface area contributed by atoms with E-state index >= 15 is 0 Å². The van der Waals surface area contributed by atoms with E-state index in [1.54, 1.807) is 13.3 Å². The minimum atomic E-state index is -2.21. The molecular formula is C5H11O3P. The predicted molar refractivity (Wildman–Crippen MR) is 36.3 cm³/mol. The van der Waals surface area contributed by atoms with E-state index in [2.05, 4.69) is 4.74 Å². The summed E-state index contributed by atoms with van der Waals surface area (Å²) in [5, 5.41) is 0. The smallest absolute Gasteiger partial charge is 0.312 e. The molecule has 0 spiro atoms. The van der Waals surface area contributed by atoms with Crippen LogP contribution in [0, 0.1) is 0 Å². The maximum Gasteiger partial charge on any atom is 0.312 e. The van der Waals surface area contributed by atoms with Gasteiger partial charge in [-0.2, -0.15) is 0 Å². The molecule has 4 heteroatoms. The Labute approximate surface area is 54.8 Å². The van der Waals surface area contributed by atoms with Gasteiger partial charge >= 0.3 is 5.97 Å². The zero-order valence-corrected chi connectivity index (χ0v) is 6.77. The van der Waals surface area contributed by atoms with Gasteiger partial charge in [0.1, 0.15) is 0 Å². The van der Waals surface area contributed by atoms with Gasteiger partial charge in [0.2, 0.25) is 0 Å². The molecule has 0 amide bonds.